The molecule has 0 radical (unpaired) electrons. The van der Waals surface area contributed by atoms with Gasteiger partial charge in [0.1, 0.15) is 0 Å². The van der Waals surface area contributed by atoms with Gasteiger partial charge < -0.3 is 4.90 Å². The number of carbonyl (C=O) groups excluding carboxylic acids is 1. The minimum absolute atomic E-state index is 0.0439. The molecule has 1 fully saturated rings. The number of hydrogen-bond acceptors (Lipinski definition) is 1. The van der Waals surface area contributed by atoms with E-state index in [-0.39, 0.29) is 5.41 Å². The fourth-order valence-corrected chi connectivity index (χ4v) is 1.43. The molecular formula is C7H10ClF2NO. The van der Waals surface area contributed by atoms with E-state index < -0.39 is 11.3 Å². The van der Waals surface area contributed by atoms with Gasteiger partial charge in [-0.15, -0.1) is 0 Å². The lowest BCUT2D eigenvalue weighted by Gasteiger charge is -2.46. The zero-order valence-electron chi connectivity index (χ0n) is 6.90. The van der Waals surface area contributed by atoms with E-state index in [0.717, 1.165) is 4.90 Å². The van der Waals surface area contributed by atoms with Crippen LogP contribution in [0.3, 0.4) is 0 Å². The average molecular weight is 198 g/mol. The Morgan fingerprint density at radius 3 is 2.17 bits per heavy atom. The fraction of sp³-hybridized carbons (Fsp3) is 0.857. The second kappa shape index (κ2) is 2.55. The van der Waals surface area contributed by atoms with Gasteiger partial charge in [-0.3, -0.25) is 4.79 Å². The summed E-state index contributed by atoms with van der Waals surface area (Å²) in [5.74, 6) is -1.29. The second-order valence-corrected chi connectivity index (χ2v) is 4.30. The summed E-state index contributed by atoms with van der Waals surface area (Å²) in [6.07, 6.45) is 0. The third-order valence-electron chi connectivity index (χ3n) is 1.77. The molecule has 0 aromatic heterocycles. The Balaban J connectivity index is 2.50. The highest BCUT2D eigenvalue weighted by Gasteiger charge is 2.47. The fourth-order valence-electron chi connectivity index (χ4n) is 1.31. The summed E-state index contributed by atoms with van der Waals surface area (Å²) in [7, 11) is 0. The maximum absolute atomic E-state index is 12.2. The van der Waals surface area contributed by atoms with Gasteiger partial charge in [0.15, 0.2) is 0 Å². The maximum Gasteiger partial charge on any atom is 0.399 e. The maximum atomic E-state index is 12.2. The first-order valence-electron chi connectivity index (χ1n) is 3.58. The van der Waals surface area contributed by atoms with Crippen LogP contribution < -0.4 is 0 Å². The summed E-state index contributed by atoms with van der Waals surface area (Å²) >= 11 is 4.56. The van der Waals surface area contributed by atoms with Crippen LogP contribution in [0.25, 0.3) is 0 Å². The molecule has 0 N–H and O–H groups in total. The summed E-state index contributed by atoms with van der Waals surface area (Å²) in [4.78, 5) is 11.8. The lowest BCUT2D eigenvalue weighted by Crippen LogP contribution is -2.58. The second-order valence-electron chi connectivity index (χ2n) is 3.82. The highest BCUT2D eigenvalue weighted by atomic mass is 35.5. The van der Waals surface area contributed by atoms with Crippen molar-refractivity contribution in [2.45, 2.75) is 19.2 Å². The molecular weight excluding hydrogens is 188 g/mol. The van der Waals surface area contributed by atoms with Crippen molar-refractivity contribution >= 4 is 17.5 Å². The van der Waals surface area contributed by atoms with Crippen molar-refractivity contribution in [1.82, 2.24) is 4.90 Å². The summed E-state index contributed by atoms with van der Waals surface area (Å²) in [6, 6.07) is 0. The molecule has 1 aliphatic rings. The van der Waals surface area contributed by atoms with Crippen molar-refractivity contribution in [1.29, 1.82) is 0 Å². The monoisotopic (exact) mass is 197 g/mol. The van der Waals surface area contributed by atoms with E-state index in [1.165, 1.54) is 0 Å². The zero-order valence-corrected chi connectivity index (χ0v) is 7.66. The van der Waals surface area contributed by atoms with Gasteiger partial charge in [-0.1, -0.05) is 13.8 Å². The van der Waals surface area contributed by atoms with Crippen LogP contribution in [-0.4, -0.2) is 29.3 Å². The SMILES string of the molecule is CC1(C)CN(C(=O)C(F)(F)Cl)C1. The van der Waals surface area contributed by atoms with Crippen LogP contribution in [0.2, 0.25) is 0 Å². The van der Waals surface area contributed by atoms with Crippen molar-refractivity contribution in [3.63, 3.8) is 0 Å². The molecule has 0 saturated carbocycles. The smallest absolute Gasteiger partial charge is 0.335 e. The first kappa shape index (κ1) is 9.71. The van der Waals surface area contributed by atoms with Crippen LogP contribution in [-0.2, 0) is 4.79 Å². The highest BCUT2D eigenvalue weighted by Crippen LogP contribution is 2.33. The van der Waals surface area contributed by atoms with E-state index in [1.54, 1.807) is 0 Å². The molecule has 1 aliphatic heterocycles. The summed E-state index contributed by atoms with van der Waals surface area (Å²) in [6.45, 7) is 4.52. The van der Waals surface area contributed by atoms with Crippen LogP contribution in [0.15, 0.2) is 0 Å². The summed E-state index contributed by atoms with van der Waals surface area (Å²) in [5.41, 5.74) is -0.0439. The lowest BCUT2D eigenvalue weighted by molar-refractivity contribution is -0.157. The Morgan fingerprint density at radius 1 is 1.50 bits per heavy atom. The number of carbonyl (C=O) groups is 1. The van der Waals surface area contributed by atoms with Crippen molar-refractivity contribution in [2.75, 3.05) is 13.1 Å². The molecule has 2 nitrogen and oxygen atoms in total. The normalized spacial score (nSPS) is 21.9. The summed E-state index contributed by atoms with van der Waals surface area (Å²) < 4.78 is 24.4. The molecule has 0 aliphatic carbocycles. The van der Waals surface area contributed by atoms with Crippen molar-refractivity contribution in [3.8, 4) is 0 Å². The first-order chi connectivity index (χ1) is 5.22. The number of hydrogen-bond donors (Lipinski definition) is 0. The molecule has 1 amide bonds. The molecule has 12 heavy (non-hydrogen) atoms. The highest BCUT2D eigenvalue weighted by molar-refractivity contribution is 6.32. The Kier molecular flexibility index (Phi) is 2.07. The van der Waals surface area contributed by atoms with Crippen molar-refractivity contribution < 1.29 is 13.6 Å². The number of alkyl halides is 3. The minimum Gasteiger partial charge on any atom is -0.335 e. The summed E-state index contributed by atoms with van der Waals surface area (Å²) in [5, 5.41) is -3.74. The lowest BCUT2D eigenvalue weighted by atomic mass is 9.84. The predicted molar refractivity (Wildman–Crippen MR) is 41.2 cm³/mol. The largest absolute Gasteiger partial charge is 0.399 e. The van der Waals surface area contributed by atoms with Gasteiger partial charge in [-0.25, -0.2) is 0 Å². The molecule has 70 valence electrons. The minimum atomic E-state index is -3.74. The molecule has 1 rings (SSSR count). The number of likely N-dealkylation sites (tertiary alicyclic amines) is 1. The van der Waals surface area contributed by atoms with E-state index in [2.05, 4.69) is 11.6 Å². The Hall–Kier alpha value is -0.380. The van der Waals surface area contributed by atoms with E-state index >= 15 is 0 Å². The van der Waals surface area contributed by atoms with Gasteiger partial charge in [0.25, 0.3) is 0 Å². The third-order valence-corrected chi connectivity index (χ3v) is 1.93. The zero-order chi connectivity index (χ0) is 9.57. The van der Waals surface area contributed by atoms with E-state index in [9.17, 15) is 13.6 Å². The van der Waals surface area contributed by atoms with E-state index in [0.29, 0.717) is 13.1 Å². The molecule has 0 atom stereocenters. The number of halogens is 3. The molecule has 0 spiro atoms. The van der Waals surface area contributed by atoms with Crippen molar-refractivity contribution in [2.24, 2.45) is 5.41 Å². The van der Waals surface area contributed by atoms with Gasteiger partial charge in [-0.05, 0) is 17.0 Å². The number of amides is 1. The van der Waals surface area contributed by atoms with Gasteiger partial charge >= 0.3 is 11.3 Å². The molecule has 5 heteroatoms. The molecule has 0 unspecified atom stereocenters. The van der Waals surface area contributed by atoms with Gasteiger partial charge in [0.05, 0.1) is 0 Å². The number of rotatable bonds is 1. The van der Waals surface area contributed by atoms with Crippen LogP contribution in [0, 0.1) is 5.41 Å². The third kappa shape index (κ3) is 1.86. The van der Waals surface area contributed by atoms with E-state index in [4.69, 9.17) is 0 Å². The Labute approximate surface area is 74.5 Å². The van der Waals surface area contributed by atoms with Gasteiger partial charge in [0, 0.05) is 13.1 Å². The van der Waals surface area contributed by atoms with Gasteiger partial charge in [-0.2, -0.15) is 8.78 Å². The van der Waals surface area contributed by atoms with Crippen LogP contribution in [0.1, 0.15) is 13.8 Å². The van der Waals surface area contributed by atoms with Gasteiger partial charge in [0.2, 0.25) is 0 Å². The predicted octanol–water partition coefficient (Wildman–Crippen LogP) is 1.69. The average Bonchev–Trinajstić information content (AvgIpc) is 1.78. The number of nitrogens with zero attached hydrogens (tertiary/aromatic N) is 1. The van der Waals surface area contributed by atoms with Crippen LogP contribution >= 0.6 is 11.6 Å². The standard InChI is InChI=1S/C7H10ClF2NO/c1-6(2)3-11(4-6)5(12)7(8,9)10/h3-4H2,1-2H3. The molecule has 1 heterocycles. The van der Waals surface area contributed by atoms with Crippen LogP contribution in [0.5, 0.6) is 0 Å². The van der Waals surface area contributed by atoms with Crippen molar-refractivity contribution in [3.05, 3.63) is 0 Å². The molecule has 0 aromatic rings. The Bertz CT molecular complexity index is 204. The molecule has 0 bridgehead atoms. The first-order valence-corrected chi connectivity index (χ1v) is 3.96. The topological polar surface area (TPSA) is 20.3 Å². The van der Waals surface area contributed by atoms with E-state index in [1.807, 2.05) is 13.8 Å². The molecule has 1 saturated heterocycles. The quantitative estimate of drug-likeness (QED) is 0.586. The van der Waals surface area contributed by atoms with Crippen LogP contribution in [0.4, 0.5) is 8.78 Å². The Morgan fingerprint density at radius 2 is 1.92 bits per heavy atom. The molecule has 0 aromatic carbocycles.